The van der Waals surface area contributed by atoms with E-state index in [1.54, 1.807) is 0 Å². The molecule has 1 unspecified atom stereocenters. The lowest BCUT2D eigenvalue weighted by atomic mass is 9.61. The minimum absolute atomic E-state index is 0.656. The van der Waals surface area contributed by atoms with Gasteiger partial charge in [-0.1, -0.05) is 45.0 Å². The zero-order chi connectivity index (χ0) is 17.6. The maximum atomic E-state index is 5.51. The molecule has 1 aromatic heterocycles. The molecule has 3 heterocycles. The number of ether oxygens (including phenoxy) is 1. The summed E-state index contributed by atoms with van der Waals surface area (Å²) in [5.74, 6) is 2.62. The number of fused-ring (bicyclic) bond motifs is 1. The second-order valence-corrected chi connectivity index (χ2v) is 7.26. The van der Waals surface area contributed by atoms with Gasteiger partial charge in [0.05, 0.1) is 18.9 Å². The van der Waals surface area contributed by atoms with Gasteiger partial charge in [-0.3, -0.25) is 0 Å². The van der Waals surface area contributed by atoms with Gasteiger partial charge in [-0.25, -0.2) is 9.97 Å². The molecule has 0 saturated carbocycles. The zero-order valence-corrected chi connectivity index (χ0v) is 16.1. The summed E-state index contributed by atoms with van der Waals surface area (Å²) >= 11 is 0. The van der Waals surface area contributed by atoms with Crippen molar-refractivity contribution in [3.05, 3.63) is 17.0 Å². The van der Waals surface area contributed by atoms with Crippen LogP contribution in [0.5, 0.6) is 0 Å². The van der Waals surface area contributed by atoms with Gasteiger partial charge >= 0.3 is 0 Å². The summed E-state index contributed by atoms with van der Waals surface area (Å²) in [4.78, 5) is 11.9. The molecule has 2 aliphatic rings. The third-order valence-electron chi connectivity index (χ3n) is 5.26. The van der Waals surface area contributed by atoms with Crippen LogP contribution in [0.2, 0.25) is 0 Å². The molecule has 0 aliphatic carbocycles. The number of unbranched alkanes of at least 4 members (excludes halogenated alkanes) is 2. The van der Waals surface area contributed by atoms with Crippen molar-refractivity contribution in [2.75, 3.05) is 31.2 Å². The Morgan fingerprint density at radius 2 is 1.92 bits per heavy atom. The molecule has 1 fully saturated rings. The average molecular weight is 340 g/mol. The van der Waals surface area contributed by atoms with E-state index < -0.39 is 0 Å². The molecule has 1 aromatic rings. The minimum Gasteiger partial charge on any atom is -0.378 e. The molecular weight excluding hydrogens is 309 g/mol. The number of allylic oxidation sites excluding steroid dienone is 1. The highest BCUT2D eigenvalue weighted by Crippen LogP contribution is 2.29. The monoisotopic (exact) mass is 340 g/mol. The van der Waals surface area contributed by atoms with Crippen LogP contribution in [0.3, 0.4) is 0 Å². The molecule has 2 aliphatic heterocycles. The highest BCUT2D eigenvalue weighted by Gasteiger charge is 2.27. The van der Waals surface area contributed by atoms with Crippen molar-refractivity contribution in [1.82, 2.24) is 9.97 Å². The third-order valence-corrected chi connectivity index (χ3v) is 5.26. The molecule has 5 heteroatoms. The number of hydrogen-bond donors (Lipinski definition) is 0. The SMILES string of the molecule is CCCCCC(CCC)C1=Cc2nc(C)nc(N3CCOCC3)c2[B]1. The Morgan fingerprint density at radius 1 is 1.12 bits per heavy atom. The average Bonchev–Trinajstić information content (AvgIpc) is 3.05. The Balaban J connectivity index is 1.79. The Morgan fingerprint density at radius 3 is 2.64 bits per heavy atom. The van der Waals surface area contributed by atoms with Crippen molar-refractivity contribution in [2.45, 2.75) is 59.3 Å². The molecule has 25 heavy (non-hydrogen) atoms. The van der Waals surface area contributed by atoms with Gasteiger partial charge in [-0.2, -0.15) is 0 Å². The van der Waals surface area contributed by atoms with E-state index in [1.165, 1.54) is 49.5 Å². The fourth-order valence-corrected chi connectivity index (χ4v) is 3.92. The molecule has 1 radical (unpaired) electrons. The Bertz CT molecular complexity index is 611. The highest BCUT2D eigenvalue weighted by atomic mass is 16.5. The number of anilines is 1. The van der Waals surface area contributed by atoms with Crippen molar-refractivity contribution < 1.29 is 4.74 Å². The predicted molar refractivity (Wildman–Crippen MR) is 106 cm³/mol. The van der Waals surface area contributed by atoms with E-state index in [1.807, 2.05) is 6.92 Å². The normalized spacial score (nSPS) is 17.9. The first-order chi connectivity index (χ1) is 12.2. The van der Waals surface area contributed by atoms with E-state index in [2.05, 4.69) is 32.1 Å². The van der Waals surface area contributed by atoms with Crippen LogP contribution in [-0.4, -0.2) is 43.6 Å². The molecule has 0 spiro atoms. The molecule has 0 aromatic carbocycles. The van der Waals surface area contributed by atoms with E-state index in [-0.39, 0.29) is 0 Å². The fourth-order valence-electron chi connectivity index (χ4n) is 3.92. The van der Waals surface area contributed by atoms with E-state index in [9.17, 15) is 0 Å². The lowest BCUT2D eigenvalue weighted by molar-refractivity contribution is 0.122. The summed E-state index contributed by atoms with van der Waals surface area (Å²) in [6, 6.07) is 0. The van der Waals surface area contributed by atoms with Gasteiger partial charge in [0, 0.05) is 13.1 Å². The molecule has 0 bridgehead atoms. The summed E-state index contributed by atoms with van der Waals surface area (Å²) in [5.41, 5.74) is 3.79. The summed E-state index contributed by atoms with van der Waals surface area (Å²) in [6.07, 6.45) is 10.0. The Hall–Kier alpha value is -1.36. The first-order valence-electron chi connectivity index (χ1n) is 10.0. The van der Waals surface area contributed by atoms with Gasteiger partial charge in [0.15, 0.2) is 7.28 Å². The summed E-state index contributed by atoms with van der Waals surface area (Å²) in [5, 5.41) is 0. The van der Waals surface area contributed by atoms with Crippen molar-refractivity contribution >= 4 is 24.6 Å². The quantitative estimate of drug-likeness (QED) is 0.538. The second kappa shape index (κ2) is 8.84. The van der Waals surface area contributed by atoms with Crippen molar-refractivity contribution in [2.24, 2.45) is 5.92 Å². The van der Waals surface area contributed by atoms with Crippen LogP contribution in [0.15, 0.2) is 5.47 Å². The van der Waals surface area contributed by atoms with Gasteiger partial charge in [0.1, 0.15) is 11.6 Å². The zero-order valence-electron chi connectivity index (χ0n) is 16.1. The lowest BCUT2D eigenvalue weighted by Crippen LogP contribution is -2.41. The molecule has 0 amide bonds. The predicted octanol–water partition coefficient (Wildman–Crippen LogP) is 3.30. The van der Waals surface area contributed by atoms with E-state index in [4.69, 9.17) is 14.7 Å². The first kappa shape index (κ1) is 18.4. The van der Waals surface area contributed by atoms with Crippen molar-refractivity contribution in [3.8, 4) is 0 Å². The number of morpholine rings is 1. The number of aromatic nitrogens is 2. The van der Waals surface area contributed by atoms with Crippen LogP contribution < -0.4 is 10.4 Å². The lowest BCUT2D eigenvalue weighted by Gasteiger charge is -2.29. The number of aryl methyl sites for hydroxylation is 1. The van der Waals surface area contributed by atoms with Crippen LogP contribution in [0, 0.1) is 12.8 Å². The van der Waals surface area contributed by atoms with E-state index in [0.29, 0.717) is 5.92 Å². The van der Waals surface area contributed by atoms with Gasteiger partial charge in [-0.15, -0.1) is 0 Å². The molecule has 1 atom stereocenters. The summed E-state index contributed by atoms with van der Waals surface area (Å²) in [6.45, 7) is 9.97. The summed E-state index contributed by atoms with van der Waals surface area (Å²) < 4.78 is 5.51. The van der Waals surface area contributed by atoms with E-state index in [0.717, 1.165) is 43.6 Å². The Kier molecular flexibility index (Phi) is 6.52. The first-order valence-corrected chi connectivity index (χ1v) is 10.0. The molecule has 3 rings (SSSR count). The fraction of sp³-hybridized carbons (Fsp3) is 0.700. The van der Waals surface area contributed by atoms with Gasteiger partial charge in [-0.05, 0) is 37.2 Å². The highest BCUT2D eigenvalue weighted by molar-refractivity contribution is 6.66. The second-order valence-electron chi connectivity index (χ2n) is 7.26. The topological polar surface area (TPSA) is 38.2 Å². The number of hydrogen-bond acceptors (Lipinski definition) is 4. The van der Waals surface area contributed by atoms with Crippen LogP contribution in [-0.2, 0) is 4.74 Å². The van der Waals surface area contributed by atoms with Crippen LogP contribution in [0.25, 0.3) is 6.08 Å². The molecule has 1 saturated heterocycles. The van der Waals surface area contributed by atoms with Crippen molar-refractivity contribution in [1.29, 1.82) is 0 Å². The maximum Gasteiger partial charge on any atom is 0.194 e. The van der Waals surface area contributed by atoms with Gasteiger partial charge in [0.25, 0.3) is 0 Å². The van der Waals surface area contributed by atoms with Crippen LogP contribution in [0.4, 0.5) is 5.82 Å². The molecule has 0 N–H and O–H groups in total. The van der Waals surface area contributed by atoms with Crippen LogP contribution in [0.1, 0.15) is 63.9 Å². The molecular formula is C20H31BN3O. The van der Waals surface area contributed by atoms with E-state index >= 15 is 0 Å². The molecule has 4 nitrogen and oxygen atoms in total. The number of rotatable bonds is 8. The standard InChI is InChI=1S/C20H31BN3O/c1-4-6-7-9-16(8-5-2)17-14-18-19(21-17)20(23-15(3)22-18)24-10-12-25-13-11-24/h14,16H,4-13H2,1-3H3. The maximum absolute atomic E-state index is 5.51. The smallest absolute Gasteiger partial charge is 0.194 e. The van der Waals surface area contributed by atoms with Gasteiger partial charge < -0.3 is 9.64 Å². The third kappa shape index (κ3) is 4.44. The molecule has 135 valence electrons. The largest absolute Gasteiger partial charge is 0.378 e. The minimum atomic E-state index is 0.656. The van der Waals surface area contributed by atoms with Crippen LogP contribution >= 0.6 is 0 Å². The van der Waals surface area contributed by atoms with Crippen molar-refractivity contribution in [3.63, 3.8) is 0 Å². The number of nitrogens with zero attached hydrogens (tertiary/aromatic N) is 3. The summed E-state index contributed by atoms with van der Waals surface area (Å²) in [7, 11) is 2.37. The Labute approximate surface area is 153 Å². The van der Waals surface area contributed by atoms with Gasteiger partial charge in [0.2, 0.25) is 0 Å².